The van der Waals surface area contributed by atoms with Crippen LogP contribution in [0.2, 0.25) is 0 Å². The van der Waals surface area contributed by atoms with Crippen molar-refractivity contribution in [2.75, 3.05) is 7.11 Å². The molecule has 0 rings (SSSR count). The van der Waals surface area contributed by atoms with Gasteiger partial charge in [0, 0.05) is 5.57 Å². The van der Waals surface area contributed by atoms with E-state index in [0.717, 1.165) is 12.8 Å². The van der Waals surface area contributed by atoms with E-state index < -0.39 is 6.04 Å². The lowest BCUT2D eigenvalue weighted by molar-refractivity contribution is -0.144. The van der Waals surface area contributed by atoms with Crippen LogP contribution in [-0.4, -0.2) is 25.0 Å². The largest absolute Gasteiger partial charge is 0.467 e. The van der Waals surface area contributed by atoms with E-state index in [9.17, 15) is 9.59 Å². The number of ether oxygens (including phenoxy) is 1. The Bertz CT molecular complexity index is 326. The van der Waals surface area contributed by atoms with Gasteiger partial charge in [0.05, 0.1) is 7.11 Å². The van der Waals surface area contributed by atoms with Crippen LogP contribution < -0.4 is 5.32 Å². The van der Waals surface area contributed by atoms with Gasteiger partial charge in [-0.25, -0.2) is 4.79 Å². The van der Waals surface area contributed by atoms with Gasteiger partial charge in [-0.1, -0.05) is 64.9 Å². The van der Waals surface area contributed by atoms with Crippen molar-refractivity contribution in [1.29, 1.82) is 0 Å². The minimum atomic E-state index is -0.556. The number of amides is 1. The Morgan fingerprint density at radius 1 is 1.05 bits per heavy atom. The van der Waals surface area contributed by atoms with E-state index in [1.807, 2.05) is 0 Å². The van der Waals surface area contributed by atoms with E-state index in [2.05, 4.69) is 18.8 Å². The number of unbranched alkanes of at least 4 members (excludes halogenated alkanes) is 7. The van der Waals surface area contributed by atoms with Gasteiger partial charge in [0.2, 0.25) is 5.91 Å². The van der Waals surface area contributed by atoms with Gasteiger partial charge in [0.15, 0.2) is 0 Å². The number of carbonyl (C=O) groups excluding carboxylic acids is 2. The van der Waals surface area contributed by atoms with Gasteiger partial charge in [-0.05, 0) is 13.3 Å². The first-order valence-corrected chi connectivity index (χ1v) is 8.07. The fourth-order valence-corrected chi connectivity index (χ4v) is 2.15. The van der Waals surface area contributed by atoms with Crippen molar-refractivity contribution in [3.63, 3.8) is 0 Å². The fourth-order valence-electron chi connectivity index (χ4n) is 2.15. The lowest BCUT2D eigenvalue weighted by Crippen LogP contribution is -2.41. The predicted molar refractivity (Wildman–Crippen MR) is 86.0 cm³/mol. The first-order chi connectivity index (χ1) is 10.0. The highest BCUT2D eigenvalue weighted by atomic mass is 16.5. The van der Waals surface area contributed by atoms with Crippen molar-refractivity contribution < 1.29 is 14.3 Å². The first-order valence-electron chi connectivity index (χ1n) is 8.07. The highest BCUT2D eigenvalue weighted by Crippen LogP contribution is 2.11. The number of esters is 1. The third kappa shape index (κ3) is 10.1. The topological polar surface area (TPSA) is 55.4 Å². The molecule has 0 aliphatic carbocycles. The summed E-state index contributed by atoms with van der Waals surface area (Å²) < 4.78 is 4.73. The SMILES string of the molecule is C=C(C)C(=O)NC(CCCCCCCCCC)C(=O)OC. The molecule has 0 radical (unpaired) electrons. The first kappa shape index (κ1) is 19.7. The average molecular weight is 297 g/mol. The molecule has 0 heterocycles. The summed E-state index contributed by atoms with van der Waals surface area (Å²) in [5.74, 6) is -0.669. The predicted octanol–water partition coefficient (Wildman–Crippen LogP) is 3.75. The summed E-state index contributed by atoms with van der Waals surface area (Å²) >= 11 is 0. The lowest BCUT2D eigenvalue weighted by atomic mass is 10.0. The van der Waals surface area contributed by atoms with E-state index in [0.29, 0.717) is 12.0 Å². The molecule has 0 aliphatic heterocycles. The van der Waals surface area contributed by atoms with Gasteiger partial charge in [0.1, 0.15) is 6.04 Å². The van der Waals surface area contributed by atoms with Crippen LogP contribution in [0.4, 0.5) is 0 Å². The molecule has 0 aliphatic rings. The molecule has 1 unspecified atom stereocenters. The van der Waals surface area contributed by atoms with E-state index in [-0.39, 0.29) is 11.9 Å². The van der Waals surface area contributed by atoms with Crippen LogP contribution in [0.25, 0.3) is 0 Å². The molecule has 0 fully saturated rings. The van der Waals surface area contributed by atoms with Crippen molar-refractivity contribution in [3.8, 4) is 0 Å². The van der Waals surface area contributed by atoms with Crippen molar-refractivity contribution in [1.82, 2.24) is 5.32 Å². The molecule has 0 saturated heterocycles. The molecule has 1 amide bonds. The zero-order valence-corrected chi connectivity index (χ0v) is 13.9. The molecule has 122 valence electrons. The minimum absolute atomic E-state index is 0.287. The van der Waals surface area contributed by atoms with Crippen LogP contribution in [0.3, 0.4) is 0 Å². The van der Waals surface area contributed by atoms with Crippen molar-refractivity contribution in [3.05, 3.63) is 12.2 Å². The van der Waals surface area contributed by atoms with Crippen LogP contribution in [0, 0.1) is 0 Å². The normalized spacial score (nSPS) is 11.8. The molecule has 1 N–H and O–H groups in total. The number of hydrogen-bond donors (Lipinski definition) is 1. The van der Waals surface area contributed by atoms with Crippen LogP contribution >= 0.6 is 0 Å². The van der Waals surface area contributed by atoms with Gasteiger partial charge >= 0.3 is 5.97 Å². The summed E-state index contributed by atoms with van der Waals surface area (Å²) in [5.41, 5.74) is 0.403. The molecular weight excluding hydrogens is 266 g/mol. The maximum Gasteiger partial charge on any atom is 0.328 e. The highest BCUT2D eigenvalue weighted by molar-refractivity contribution is 5.95. The van der Waals surface area contributed by atoms with Crippen molar-refractivity contribution in [2.45, 2.75) is 77.7 Å². The zero-order valence-electron chi connectivity index (χ0n) is 13.9. The Morgan fingerprint density at radius 3 is 2.05 bits per heavy atom. The molecule has 1 atom stereocenters. The highest BCUT2D eigenvalue weighted by Gasteiger charge is 2.20. The van der Waals surface area contributed by atoms with Gasteiger partial charge in [-0.2, -0.15) is 0 Å². The summed E-state index contributed by atoms with van der Waals surface area (Å²) in [6, 6.07) is -0.556. The Kier molecular flexibility index (Phi) is 11.6. The third-order valence-electron chi connectivity index (χ3n) is 3.52. The molecule has 0 spiro atoms. The Labute approximate surface area is 129 Å². The Balaban J connectivity index is 3.89. The maximum atomic E-state index is 11.6. The quantitative estimate of drug-likeness (QED) is 0.339. The second kappa shape index (κ2) is 12.4. The molecule has 0 aromatic carbocycles. The molecule has 0 saturated carbocycles. The molecule has 4 heteroatoms. The summed E-state index contributed by atoms with van der Waals surface area (Å²) in [4.78, 5) is 23.2. The number of carbonyl (C=O) groups is 2. The lowest BCUT2D eigenvalue weighted by Gasteiger charge is -2.16. The monoisotopic (exact) mass is 297 g/mol. The Morgan fingerprint density at radius 2 is 1.57 bits per heavy atom. The molecule has 0 bridgehead atoms. The van der Waals surface area contributed by atoms with Crippen LogP contribution in [0.5, 0.6) is 0 Å². The second-order valence-corrected chi connectivity index (χ2v) is 5.59. The summed E-state index contributed by atoms with van der Waals surface area (Å²) in [6.07, 6.45) is 10.3. The van der Waals surface area contributed by atoms with E-state index >= 15 is 0 Å². The van der Waals surface area contributed by atoms with Crippen molar-refractivity contribution in [2.24, 2.45) is 0 Å². The summed E-state index contributed by atoms with van der Waals surface area (Å²) in [6.45, 7) is 7.41. The van der Waals surface area contributed by atoms with Crippen LogP contribution in [-0.2, 0) is 14.3 Å². The van der Waals surface area contributed by atoms with Gasteiger partial charge in [-0.15, -0.1) is 0 Å². The molecule has 4 nitrogen and oxygen atoms in total. The number of rotatable bonds is 12. The molecule has 0 aromatic heterocycles. The third-order valence-corrected chi connectivity index (χ3v) is 3.52. The number of methoxy groups -OCH3 is 1. The van der Waals surface area contributed by atoms with E-state index in [1.165, 1.54) is 45.6 Å². The minimum Gasteiger partial charge on any atom is -0.467 e. The molecule has 0 aromatic rings. The second-order valence-electron chi connectivity index (χ2n) is 5.59. The van der Waals surface area contributed by atoms with Crippen LogP contribution in [0.15, 0.2) is 12.2 Å². The fraction of sp³-hybridized carbons (Fsp3) is 0.765. The molecule has 21 heavy (non-hydrogen) atoms. The van der Waals surface area contributed by atoms with Gasteiger partial charge < -0.3 is 10.1 Å². The number of hydrogen-bond acceptors (Lipinski definition) is 3. The van der Waals surface area contributed by atoms with Crippen LogP contribution in [0.1, 0.15) is 71.6 Å². The standard InChI is InChI=1S/C17H31NO3/c1-5-6-7-8-9-10-11-12-13-15(17(20)21-4)18-16(19)14(2)3/h15H,2,5-13H2,1,3-4H3,(H,18,19). The van der Waals surface area contributed by atoms with E-state index in [1.54, 1.807) is 6.92 Å². The van der Waals surface area contributed by atoms with Crippen molar-refractivity contribution >= 4 is 11.9 Å². The summed E-state index contributed by atoms with van der Waals surface area (Å²) in [5, 5.41) is 2.67. The summed E-state index contributed by atoms with van der Waals surface area (Å²) in [7, 11) is 1.34. The Hall–Kier alpha value is -1.32. The average Bonchev–Trinajstić information content (AvgIpc) is 2.47. The number of nitrogens with one attached hydrogen (secondary N) is 1. The maximum absolute atomic E-state index is 11.6. The van der Waals surface area contributed by atoms with Gasteiger partial charge in [0.25, 0.3) is 0 Å². The van der Waals surface area contributed by atoms with E-state index in [4.69, 9.17) is 4.74 Å². The molecular formula is C17H31NO3. The van der Waals surface area contributed by atoms with Gasteiger partial charge in [-0.3, -0.25) is 4.79 Å². The zero-order chi connectivity index (χ0) is 16.1. The smallest absolute Gasteiger partial charge is 0.328 e.